The molecule has 1 N–H and O–H groups in total. The Morgan fingerprint density at radius 3 is 2.40 bits per heavy atom. The van der Waals surface area contributed by atoms with Crippen LogP contribution in [0.3, 0.4) is 0 Å². The predicted octanol–water partition coefficient (Wildman–Crippen LogP) is 3.86. The zero-order valence-corrected chi connectivity index (χ0v) is 13.8. The van der Waals surface area contributed by atoms with Crippen molar-refractivity contribution in [3.8, 4) is 0 Å². The van der Waals surface area contributed by atoms with Crippen molar-refractivity contribution in [3.05, 3.63) is 45.0 Å². The molecule has 1 atom stereocenters. The first-order valence-electron chi connectivity index (χ1n) is 7.14. The standard InChI is InChI=1S/C16H23N3S/c1-6-7-17-15(16-13(5)18-19-20-16)14-9-11(3)10(2)8-12(14)4/h8-9,15,17H,6-7H2,1-5H3. The second-order valence-corrected chi connectivity index (χ2v) is 6.19. The molecular weight excluding hydrogens is 266 g/mol. The van der Waals surface area contributed by atoms with Gasteiger partial charge in [-0.25, -0.2) is 0 Å². The quantitative estimate of drug-likeness (QED) is 0.908. The third-order valence-corrected chi connectivity index (χ3v) is 4.63. The summed E-state index contributed by atoms with van der Waals surface area (Å²) in [6, 6.07) is 4.78. The Balaban J connectivity index is 2.46. The monoisotopic (exact) mass is 289 g/mol. The molecule has 3 nitrogen and oxygen atoms in total. The first-order valence-corrected chi connectivity index (χ1v) is 7.92. The average Bonchev–Trinajstić information content (AvgIpc) is 2.82. The van der Waals surface area contributed by atoms with Crippen LogP contribution in [0.4, 0.5) is 0 Å². The summed E-state index contributed by atoms with van der Waals surface area (Å²) in [5, 5.41) is 7.82. The Morgan fingerprint density at radius 2 is 1.80 bits per heavy atom. The van der Waals surface area contributed by atoms with Crippen molar-refractivity contribution in [3.63, 3.8) is 0 Å². The molecule has 2 rings (SSSR count). The van der Waals surface area contributed by atoms with E-state index < -0.39 is 0 Å². The van der Waals surface area contributed by atoms with Crippen LogP contribution in [0.15, 0.2) is 12.1 Å². The Hall–Kier alpha value is -1.26. The van der Waals surface area contributed by atoms with Gasteiger partial charge in [0.25, 0.3) is 0 Å². The van der Waals surface area contributed by atoms with Crippen LogP contribution >= 0.6 is 11.5 Å². The zero-order valence-electron chi connectivity index (χ0n) is 12.9. The van der Waals surface area contributed by atoms with Gasteiger partial charge in [-0.2, -0.15) is 0 Å². The van der Waals surface area contributed by atoms with E-state index in [1.165, 1.54) is 38.7 Å². The van der Waals surface area contributed by atoms with Crippen LogP contribution in [-0.4, -0.2) is 16.1 Å². The first kappa shape index (κ1) is 15.1. The van der Waals surface area contributed by atoms with Gasteiger partial charge in [0.1, 0.15) is 0 Å². The molecule has 20 heavy (non-hydrogen) atoms. The normalized spacial score (nSPS) is 12.7. The van der Waals surface area contributed by atoms with Crippen LogP contribution in [0.1, 0.15) is 52.2 Å². The molecule has 1 unspecified atom stereocenters. The summed E-state index contributed by atoms with van der Waals surface area (Å²) in [6.07, 6.45) is 1.12. The Bertz CT molecular complexity index is 589. The van der Waals surface area contributed by atoms with Crippen LogP contribution in [-0.2, 0) is 0 Å². The molecule has 0 aliphatic rings. The topological polar surface area (TPSA) is 37.8 Å². The number of aromatic nitrogens is 2. The van der Waals surface area contributed by atoms with Gasteiger partial charge in [-0.15, -0.1) is 5.10 Å². The van der Waals surface area contributed by atoms with Crippen LogP contribution in [0.2, 0.25) is 0 Å². The Morgan fingerprint density at radius 1 is 1.10 bits per heavy atom. The highest BCUT2D eigenvalue weighted by Gasteiger charge is 2.20. The SMILES string of the molecule is CCCNC(c1cc(C)c(C)cc1C)c1snnc1C. The van der Waals surface area contributed by atoms with Gasteiger partial charge >= 0.3 is 0 Å². The summed E-state index contributed by atoms with van der Waals surface area (Å²) in [6.45, 7) is 11.7. The first-order chi connectivity index (χ1) is 9.54. The summed E-state index contributed by atoms with van der Waals surface area (Å²) in [5.74, 6) is 0. The maximum absolute atomic E-state index is 4.17. The fourth-order valence-corrected chi connectivity index (χ4v) is 3.17. The smallest absolute Gasteiger partial charge is 0.0776 e. The van der Waals surface area contributed by atoms with Crippen molar-refractivity contribution in [2.45, 2.75) is 47.1 Å². The predicted molar refractivity (Wildman–Crippen MR) is 85.4 cm³/mol. The van der Waals surface area contributed by atoms with Gasteiger partial charge in [0, 0.05) is 0 Å². The van der Waals surface area contributed by atoms with Crippen LogP contribution in [0.5, 0.6) is 0 Å². The Labute approximate surface area is 125 Å². The maximum Gasteiger partial charge on any atom is 0.0776 e. The molecule has 0 aliphatic carbocycles. The largest absolute Gasteiger partial charge is 0.305 e. The van der Waals surface area contributed by atoms with E-state index in [0.717, 1.165) is 18.7 Å². The van der Waals surface area contributed by atoms with Gasteiger partial charge < -0.3 is 5.32 Å². The van der Waals surface area contributed by atoms with E-state index in [-0.39, 0.29) is 6.04 Å². The van der Waals surface area contributed by atoms with E-state index in [1.807, 2.05) is 6.92 Å². The molecule has 0 spiro atoms. The third kappa shape index (κ3) is 3.07. The number of nitrogens with one attached hydrogen (secondary N) is 1. The number of rotatable bonds is 5. The van der Waals surface area contributed by atoms with E-state index in [2.05, 4.69) is 54.7 Å². The lowest BCUT2D eigenvalue weighted by Crippen LogP contribution is -2.24. The second-order valence-electron chi connectivity index (χ2n) is 5.40. The molecule has 0 saturated heterocycles. The molecule has 108 valence electrons. The fraction of sp³-hybridized carbons (Fsp3) is 0.500. The molecule has 0 amide bonds. The summed E-state index contributed by atoms with van der Waals surface area (Å²) < 4.78 is 4.10. The summed E-state index contributed by atoms with van der Waals surface area (Å²) in [4.78, 5) is 1.23. The van der Waals surface area contributed by atoms with E-state index in [1.54, 1.807) is 0 Å². The lowest BCUT2D eigenvalue weighted by molar-refractivity contribution is 0.600. The van der Waals surface area contributed by atoms with E-state index in [9.17, 15) is 0 Å². The van der Waals surface area contributed by atoms with Crippen molar-refractivity contribution in [1.29, 1.82) is 0 Å². The minimum atomic E-state index is 0.203. The molecular formula is C16H23N3S. The van der Waals surface area contributed by atoms with E-state index >= 15 is 0 Å². The number of benzene rings is 1. The fourth-order valence-electron chi connectivity index (χ4n) is 2.43. The van der Waals surface area contributed by atoms with Crippen molar-refractivity contribution >= 4 is 11.5 Å². The lowest BCUT2D eigenvalue weighted by atomic mass is 9.94. The van der Waals surface area contributed by atoms with E-state index in [4.69, 9.17) is 0 Å². The molecule has 1 heterocycles. The molecule has 1 aromatic heterocycles. The number of hydrogen-bond acceptors (Lipinski definition) is 4. The van der Waals surface area contributed by atoms with E-state index in [0.29, 0.717) is 0 Å². The second kappa shape index (κ2) is 6.46. The van der Waals surface area contributed by atoms with Crippen molar-refractivity contribution in [1.82, 2.24) is 14.9 Å². The third-order valence-electron chi connectivity index (χ3n) is 3.74. The molecule has 1 aromatic carbocycles. The highest BCUT2D eigenvalue weighted by Crippen LogP contribution is 2.30. The summed E-state index contributed by atoms with van der Waals surface area (Å²) >= 11 is 1.50. The molecule has 4 heteroatoms. The molecule has 0 fully saturated rings. The van der Waals surface area contributed by atoms with Gasteiger partial charge in [0.2, 0.25) is 0 Å². The minimum absolute atomic E-state index is 0.203. The molecule has 0 aliphatic heterocycles. The van der Waals surface area contributed by atoms with Crippen molar-refractivity contribution in [2.24, 2.45) is 0 Å². The van der Waals surface area contributed by atoms with Gasteiger partial charge in [-0.3, -0.25) is 0 Å². The number of hydrogen-bond donors (Lipinski definition) is 1. The highest BCUT2D eigenvalue weighted by atomic mass is 32.1. The van der Waals surface area contributed by atoms with Gasteiger partial charge in [0.05, 0.1) is 16.6 Å². The van der Waals surface area contributed by atoms with Crippen LogP contribution in [0, 0.1) is 27.7 Å². The van der Waals surface area contributed by atoms with Crippen LogP contribution in [0.25, 0.3) is 0 Å². The molecule has 2 aromatic rings. The van der Waals surface area contributed by atoms with Crippen LogP contribution < -0.4 is 5.32 Å². The molecule has 0 radical (unpaired) electrons. The van der Waals surface area contributed by atoms with Gasteiger partial charge in [0.15, 0.2) is 0 Å². The van der Waals surface area contributed by atoms with Crippen molar-refractivity contribution in [2.75, 3.05) is 6.54 Å². The number of aryl methyl sites for hydroxylation is 4. The minimum Gasteiger partial charge on any atom is -0.305 e. The lowest BCUT2D eigenvalue weighted by Gasteiger charge is -2.21. The van der Waals surface area contributed by atoms with Gasteiger partial charge in [-0.1, -0.05) is 23.5 Å². The summed E-state index contributed by atoms with van der Waals surface area (Å²) in [7, 11) is 0. The maximum atomic E-state index is 4.17. The molecule has 0 bridgehead atoms. The number of nitrogens with zero attached hydrogens (tertiary/aromatic N) is 2. The van der Waals surface area contributed by atoms with Gasteiger partial charge in [-0.05, 0) is 74.4 Å². The Kier molecular flexibility index (Phi) is 4.89. The summed E-state index contributed by atoms with van der Waals surface area (Å²) in [5.41, 5.74) is 6.38. The zero-order chi connectivity index (χ0) is 14.7. The molecule has 0 saturated carbocycles. The average molecular weight is 289 g/mol. The van der Waals surface area contributed by atoms with Crippen molar-refractivity contribution < 1.29 is 0 Å². The highest BCUT2D eigenvalue weighted by molar-refractivity contribution is 7.05.